The van der Waals surface area contributed by atoms with Crippen molar-refractivity contribution in [1.29, 1.82) is 0 Å². The number of hydrogen-bond donors (Lipinski definition) is 2. The smallest absolute Gasteiger partial charge is 0.276 e. The summed E-state index contributed by atoms with van der Waals surface area (Å²) in [5, 5.41) is 0. The summed E-state index contributed by atoms with van der Waals surface area (Å²) in [6.07, 6.45) is 3.74. The normalized spacial score (nSPS) is 14.2. The Morgan fingerprint density at radius 1 is 1.25 bits per heavy atom. The zero-order valence-electron chi connectivity index (χ0n) is 11.6. The SMILES string of the molecule is CCc1ccccc1OCC(=O)NNC(=O)C1CCC1. The molecule has 5 nitrogen and oxygen atoms in total. The molecule has 0 aromatic heterocycles. The Labute approximate surface area is 118 Å². The van der Waals surface area contributed by atoms with Crippen LogP contribution in [-0.2, 0) is 16.0 Å². The second-order valence-corrected chi connectivity index (χ2v) is 4.92. The highest BCUT2D eigenvalue weighted by atomic mass is 16.5. The van der Waals surface area contributed by atoms with Crippen LogP contribution in [0, 0.1) is 5.92 Å². The van der Waals surface area contributed by atoms with Crippen molar-refractivity contribution in [1.82, 2.24) is 10.9 Å². The average Bonchev–Trinajstić information content (AvgIpc) is 2.41. The van der Waals surface area contributed by atoms with E-state index in [4.69, 9.17) is 4.74 Å². The van der Waals surface area contributed by atoms with Gasteiger partial charge in [0.1, 0.15) is 5.75 Å². The largest absolute Gasteiger partial charge is 0.483 e. The van der Waals surface area contributed by atoms with Crippen LogP contribution in [0.3, 0.4) is 0 Å². The summed E-state index contributed by atoms with van der Waals surface area (Å²) in [5.41, 5.74) is 5.86. The molecule has 0 bridgehead atoms. The van der Waals surface area contributed by atoms with Crippen LogP contribution >= 0.6 is 0 Å². The molecule has 0 atom stereocenters. The first-order chi connectivity index (χ1) is 9.70. The van der Waals surface area contributed by atoms with Gasteiger partial charge in [-0.05, 0) is 30.9 Å². The standard InChI is InChI=1S/C15H20N2O3/c1-2-11-6-3-4-9-13(11)20-10-14(18)16-17-15(19)12-7-5-8-12/h3-4,6,9,12H,2,5,7-8,10H2,1H3,(H,16,18)(H,17,19). The second kappa shape index (κ2) is 6.93. The van der Waals surface area contributed by atoms with E-state index < -0.39 is 0 Å². The first kappa shape index (κ1) is 14.4. The van der Waals surface area contributed by atoms with Crippen LogP contribution < -0.4 is 15.6 Å². The molecule has 0 unspecified atom stereocenters. The van der Waals surface area contributed by atoms with Crippen molar-refractivity contribution in [3.8, 4) is 5.75 Å². The van der Waals surface area contributed by atoms with Crippen molar-refractivity contribution in [2.75, 3.05) is 6.61 Å². The van der Waals surface area contributed by atoms with Crippen molar-refractivity contribution in [3.05, 3.63) is 29.8 Å². The molecule has 1 aliphatic rings. The molecule has 1 aromatic carbocycles. The molecule has 0 spiro atoms. The van der Waals surface area contributed by atoms with Gasteiger partial charge in [-0.2, -0.15) is 0 Å². The summed E-state index contributed by atoms with van der Waals surface area (Å²) < 4.78 is 5.46. The van der Waals surface area contributed by atoms with Gasteiger partial charge in [0.25, 0.3) is 5.91 Å². The minimum atomic E-state index is -0.358. The van der Waals surface area contributed by atoms with E-state index in [2.05, 4.69) is 10.9 Å². The van der Waals surface area contributed by atoms with Crippen molar-refractivity contribution < 1.29 is 14.3 Å². The predicted molar refractivity (Wildman–Crippen MR) is 74.9 cm³/mol. The van der Waals surface area contributed by atoms with E-state index in [-0.39, 0.29) is 24.3 Å². The Bertz CT molecular complexity index is 484. The molecule has 5 heteroatoms. The van der Waals surface area contributed by atoms with Crippen LogP contribution in [0.1, 0.15) is 31.7 Å². The van der Waals surface area contributed by atoms with E-state index in [9.17, 15) is 9.59 Å². The van der Waals surface area contributed by atoms with Crippen LogP contribution in [0.5, 0.6) is 5.75 Å². The monoisotopic (exact) mass is 276 g/mol. The molecular formula is C15H20N2O3. The summed E-state index contributed by atoms with van der Waals surface area (Å²) in [6.45, 7) is 1.92. The van der Waals surface area contributed by atoms with Crippen LogP contribution in [0.15, 0.2) is 24.3 Å². The lowest BCUT2D eigenvalue weighted by molar-refractivity contribution is -0.133. The third-order valence-electron chi connectivity index (χ3n) is 3.51. The average molecular weight is 276 g/mol. The highest BCUT2D eigenvalue weighted by Crippen LogP contribution is 2.25. The number of aryl methyl sites for hydroxylation is 1. The summed E-state index contributed by atoms with van der Waals surface area (Å²) in [6, 6.07) is 7.60. The maximum atomic E-state index is 11.6. The third kappa shape index (κ3) is 3.73. The first-order valence-electron chi connectivity index (χ1n) is 7.00. The van der Waals surface area contributed by atoms with Gasteiger partial charge in [0.2, 0.25) is 5.91 Å². The van der Waals surface area contributed by atoms with Crippen LogP contribution in [0.25, 0.3) is 0 Å². The Kier molecular flexibility index (Phi) is 4.98. The maximum absolute atomic E-state index is 11.6. The Balaban J connectivity index is 1.73. The highest BCUT2D eigenvalue weighted by molar-refractivity contribution is 5.84. The molecule has 20 heavy (non-hydrogen) atoms. The number of hydrazine groups is 1. The summed E-state index contributed by atoms with van der Waals surface area (Å²) in [4.78, 5) is 23.1. The number of nitrogens with one attached hydrogen (secondary N) is 2. The van der Waals surface area contributed by atoms with Crippen molar-refractivity contribution in [2.24, 2.45) is 5.92 Å². The number of benzene rings is 1. The molecule has 0 heterocycles. The lowest BCUT2D eigenvalue weighted by atomic mass is 9.85. The molecule has 2 rings (SSSR count). The van der Waals surface area contributed by atoms with E-state index in [1.54, 1.807) is 0 Å². The molecule has 1 saturated carbocycles. The van der Waals surface area contributed by atoms with E-state index in [0.717, 1.165) is 31.2 Å². The molecular weight excluding hydrogens is 256 g/mol. The Hall–Kier alpha value is -2.04. The summed E-state index contributed by atoms with van der Waals surface area (Å²) in [7, 11) is 0. The zero-order valence-corrected chi connectivity index (χ0v) is 11.6. The molecule has 2 N–H and O–H groups in total. The molecule has 0 radical (unpaired) electrons. The highest BCUT2D eigenvalue weighted by Gasteiger charge is 2.25. The van der Waals surface area contributed by atoms with E-state index in [1.165, 1.54) is 0 Å². The Morgan fingerprint density at radius 3 is 2.65 bits per heavy atom. The van der Waals surface area contributed by atoms with E-state index >= 15 is 0 Å². The number of para-hydroxylation sites is 1. The van der Waals surface area contributed by atoms with Gasteiger partial charge in [-0.15, -0.1) is 0 Å². The fourth-order valence-corrected chi connectivity index (χ4v) is 2.02. The molecule has 0 aliphatic heterocycles. The summed E-state index contributed by atoms with van der Waals surface area (Å²) >= 11 is 0. The number of carbonyl (C=O) groups is 2. The Morgan fingerprint density at radius 2 is 2.00 bits per heavy atom. The predicted octanol–water partition coefficient (Wildman–Crippen LogP) is 1.58. The second-order valence-electron chi connectivity index (χ2n) is 4.92. The summed E-state index contributed by atoms with van der Waals surface area (Å²) in [5.74, 6) is 0.287. The number of hydrogen-bond acceptors (Lipinski definition) is 3. The molecule has 0 saturated heterocycles. The lowest BCUT2D eigenvalue weighted by Gasteiger charge is -2.24. The fourth-order valence-electron chi connectivity index (χ4n) is 2.02. The van der Waals surface area contributed by atoms with Gasteiger partial charge >= 0.3 is 0 Å². The lowest BCUT2D eigenvalue weighted by Crippen LogP contribution is -2.47. The zero-order chi connectivity index (χ0) is 14.4. The quantitative estimate of drug-likeness (QED) is 0.802. The van der Waals surface area contributed by atoms with Gasteiger partial charge in [-0.3, -0.25) is 20.4 Å². The van der Waals surface area contributed by atoms with Gasteiger partial charge in [-0.1, -0.05) is 31.5 Å². The molecule has 1 aromatic rings. The van der Waals surface area contributed by atoms with Gasteiger partial charge in [0.05, 0.1) is 0 Å². The van der Waals surface area contributed by atoms with Crippen molar-refractivity contribution in [3.63, 3.8) is 0 Å². The maximum Gasteiger partial charge on any atom is 0.276 e. The van der Waals surface area contributed by atoms with Crippen molar-refractivity contribution >= 4 is 11.8 Å². The van der Waals surface area contributed by atoms with Crippen LogP contribution in [0.2, 0.25) is 0 Å². The molecule has 1 aliphatic carbocycles. The van der Waals surface area contributed by atoms with Gasteiger partial charge in [-0.25, -0.2) is 0 Å². The van der Waals surface area contributed by atoms with Crippen LogP contribution in [0.4, 0.5) is 0 Å². The minimum Gasteiger partial charge on any atom is -0.483 e. The van der Waals surface area contributed by atoms with E-state index in [1.807, 2.05) is 31.2 Å². The third-order valence-corrected chi connectivity index (χ3v) is 3.51. The molecule has 1 fully saturated rings. The van der Waals surface area contributed by atoms with Gasteiger partial charge in [0.15, 0.2) is 6.61 Å². The molecule has 2 amide bonds. The molecule has 108 valence electrons. The first-order valence-corrected chi connectivity index (χ1v) is 7.00. The fraction of sp³-hybridized carbons (Fsp3) is 0.467. The van der Waals surface area contributed by atoms with Crippen molar-refractivity contribution in [2.45, 2.75) is 32.6 Å². The van der Waals surface area contributed by atoms with Gasteiger partial charge in [0, 0.05) is 5.92 Å². The number of ether oxygens (including phenoxy) is 1. The number of rotatable bonds is 5. The van der Waals surface area contributed by atoms with Crippen LogP contribution in [-0.4, -0.2) is 18.4 Å². The van der Waals surface area contributed by atoms with E-state index in [0.29, 0.717) is 5.75 Å². The topological polar surface area (TPSA) is 67.4 Å². The number of carbonyl (C=O) groups excluding carboxylic acids is 2. The minimum absolute atomic E-state index is 0.0528. The number of amides is 2. The van der Waals surface area contributed by atoms with Gasteiger partial charge < -0.3 is 4.74 Å².